The largest absolute Gasteiger partial charge is 0.377 e. The molecular weight excluding hydrogens is 267 g/mol. The second-order valence-corrected chi connectivity index (χ2v) is 6.02. The summed E-state index contributed by atoms with van der Waals surface area (Å²) in [5.74, 6) is -0.161. The topological polar surface area (TPSA) is 15.7 Å². The molecule has 21 heavy (non-hydrogen) atoms. The molecule has 0 radical (unpaired) electrons. The normalized spacial score (nSPS) is 18.1. The molecule has 1 saturated heterocycles. The maximum Gasteiger partial charge on any atom is 0.123 e. The zero-order chi connectivity index (χ0) is 15.1. The Morgan fingerprint density at radius 2 is 1.71 bits per heavy atom. The first kappa shape index (κ1) is 16.4. The Balaban J connectivity index is 1.74. The molecule has 0 unspecified atom stereocenters. The minimum absolute atomic E-state index is 0.161. The van der Waals surface area contributed by atoms with Crippen LogP contribution in [0.3, 0.4) is 0 Å². The van der Waals surface area contributed by atoms with Gasteiger partial charge < -0.3 is 4.74 Å². The van der Waals surface area contributed by atoms with Crippen molar-refractivity contribution in [2.45, 2.75) is 32.9 Å². The van der Waals surface area contributed by atoms with Crippen LogP contribution < -0.4 is 0 Å². The van der Waals surface area contributed by atoms with Crippen molar-refractivity contribution in [3.63, 3.8) is 0 Å². The van der Waals surface area contributed by atoms with Crippen LogP contribution in [0.15, 0.2) is 24.3 Å². The summed E-state index contributed by atoms with van der Waals surface area (Å²) in [4.78, 5) is 4.93. The molecule has 0 bridgehead atoms. The van der Waals surface area contributed by atoms with Crippen molar-refractivity contribution in [2.24, 2.45) is 0 Å². The van der Waals surface area contributed by atoms with Crippen molar-refractivity contribution in [3.05, 3.63) is 35.6 Å². The zero-order valence-corrected chi connectivity index (χ0v) is 13.2. The monoisotopic (exact) mass is 294 g/mol. The fraction of sp³-hybridized carbons (Fsp3) is 0.647. The number of rotatable bonds is 6. The van der Waals surface area contributed by atoms with Crippen molar-refractivity contribution >= 4 is 0 Å². The van der Waals surface area contributed by atoms with Gasteiger partial charge in [-0.05, 0) is 51.1 Å². The van der Waals surface area contributed by atoms with Gasteiger partial charge in [-0.3, -0.25) is 9.80 Å². The van der Waals surface area contributed by atoms with Crippen LogP contribution in [0.4, 0.5) is 4.39 Å². The number of benzene rings is 1. The highest BCUT2D eigenvalue weighted by molar-refractivity contribution is 5.15. The van der Waals surface area contributed by atoms with Gasteiger partial charge in [0.2, 0.25) is 0 Å². The van der Waals surface area contributed by atoms with Crippen LogP contribution in [-0.2, 0) is 11.3 Å². The van der Waals surface area contributed by atoms with Crippen LogP contribution in [0, 0.1) is 5.82 Å². The second kappa shape index (κ2) is 8.47. The van der Waals surface area contributed by atoms with Crippen LogP contribution in [0.25, 0.3) is 0 Å². The molecule has 0 saturated carbocycles. The van der Waals surface area contributed by atoms with E-state index in [0.717, 1.165) is 45.9 Å². The average Bonchev–Trinajstić information content (AvgIpc) is 2.67. The summed E-state index contributed by atoms with van der Waals surface area (Å²) < 4.78 is 18.6. The van der Waals surface area contributed by atoms with Crippen LogP contribution in [-0.4, -0.2) is 55.2 Å². The summed E-state index contributed by atoms with van der Waals surface area (Å²) >= 11 is 0. The maximum absolute atomic E-state index is 12.9. The van der Waals surface area contributed by atoms with E-state index >= 15 is 0 Å². The van der Waals surface area contributed by atoms with Crippen molar-refractivity contribution in [1.82, 2.24) is 9.80 Å². The summed E-state index contributed by atoms with van der Waals surface area (Å²) in [6.45, 7) is 11.3. The van der Waals surface area contributed by atoms with Gasteiger partial charge in [-0.25, -0.2) is 4.39 Å². The number of hydrogen-bond acceptors (Lipinski definition) is 3. The number of halogens is 1. The van der Waals surface area contributed by atoms with Crippen molar-refractivity contribution in [3.8, 4) is 0 Å². The predicted octanol–water partition coefficient (Wildman–Crippen LogP) is 2.76. The summed E-state index contributed by atoms with van der Waals surface area (Å²) in [5, 5.41) is 0. The molecule has 2 rings (SSSR count). The van der Waals surface area contributed by atoms with Crippen molar-refractivity contribution < 1.29 is 9.13 Å². The van der Waals surface area contributed by atoms with Gasteiger partial charge in [-0.1, -0.05) is 12.1 Å². The third kappa shape index (κ3) is 6.12. The van der Waals surface area contributed by atoms with Gasteiger partial charge in [0, 0.05) is 26.2 Å². The van der Waals surface area contributed by atoms with Gasteiger partial charge in [0.15, 0.2) is 0 Å². The van der Waals surface area contributed by atoms with Gasteiger partial charge in [-0.2, -0.15) is 0 Å². The van der Waals surface area contributed by atoms with Crippen LogP contribution in [0.2, 0.25) is 0 Å². The Morgan fingerprint density at radius 1 is 1.05 bits per heavy atom. The lowest BCUT2D eigenvalue weighted by Gasteiger charge is -2.22. The Morgan fingerprint density at radius 3 is 2.43 bits per heavy atom. The molecule has 118 valence electrons. The maximum atomic E-state index is 12.9. The lowest BCUT2D eigenvalue weighted by molar-refractivity contribution is 0.0597. The number of hydrogen-bond donors (Lipinski definition) is 0. The quantitative estimate of drug-likeness (QED) is 0.802. The molecule has 0 atom stereocenters. The lowest BCUT2D eigenvalue weighted by atomic mass is 10.2. The molecular formula is C17H27FN2O. The smallest absolute Gasteiger partial charge is 0.123 e. The van der Waals surface area contributed by atoms with E-state index in [1.165, 1.54) is 12.0 Å². The fourth-order valence-corrected chi connectivity index (χ4v) is 2.67. The van der Waals surface area contributed by atoms with Gasteiger partial charge in [0.25, 0.3) is 0 Å². The molecule has 1 fully saturated rings. The Bertz CT molecular complexity index is 408. The van der Waals surface area contributed by atoms with E-state index in [4.69, 9.17) is 4.74 Å². The van der Waals surface area contributed by atoms with E-state index < -0.39 is 0 Å². The molecule has 0 N–H and O–H groups in total. The predicted molar refractivity (Wildman–Crippen MR) is 83.8 cm³/mol. The van der Waals surface area contributed by atoms with E-state index in [0.29, 0.717) is 6.10 Å². The van der Waals surface area contributed by atoms with Gasteiger partial charge in [-0.15, -0.1) is 0 Å². The van der Waals surface area contributed by atoms with Crippen molar-refractivity contribution in [2.75, 3.05) is 39.3 Å². The van der Waals surface area contributed by atoms with Crippen molar-refractivity contribution in [1.29, 1.82) is 0 Å². The first-order chi connectivity index (χ1) is 10.1. The highest BCUT2D eigenvalue weighted by Crippen LogP contribution is 2.10. The Kier molecular flexibility index (Phi) is 6.61. The van der Waals surface area contributed by atoms with Gasteiger partial charge >= 0.3 is 0 Å². The van der Waals surface area contributed by atoms with E-state index in [1.54, 1.807) is 12.1 Å². The molecule has 1 aliphatic rings. The zero-order valence-electron chi connectivity index (χ0n) is 13.2. The molecule has 0 spiro atoms. The molecule has 1 aromatic carbocycles. The first-order valence-electron chi connectivity index (χ1n) is 7.94. The SMILES string of the molecule is CC(C)OCCN1CCCN(Cc2ccc(F)cc2)CC1. The van der Waals surface area contributed by atoms with Crippen LogP contribution in [0.1, 0.15) is 25.8 Å². The minimum Gasteiger partial charge on any atom is -0.377 e. The summed E-state index contributed by atoms with van der Waals surface area (Å²) in [7, 11) is 0. The first-order valence-corrected chi connectivity index (χ1v) is 7.94. The summed E-state index contributed by atoms with van der Waals surface area (Å²) in [6, 6.07) is 6.86. The third-order valence-electron chi connectivity index (χ3n) is 3.86. The molecule has 0 amide bonds. The average molecular weight is 294 g/mol. The molecule has 1 aromatic rings. The fourth-order valence-electron chi connectivity index (χ4n) is 2.67. The molecule has 1 heterocycles. The Labute approximate surface area is 127 Å². The number of ether oxygens (including phenoxy) is 1. The standard InChI is InChI=1S/C17H27FN2O/c1-15(2)21-13-12-19-8-3-9-20(11-10-19)14-16-4-6-17(18)7-5-16/h4-7,15H,3,8-14H2,1-2H3. The highest BCUT2D eigenvalue weighted by atomic mass is 19.1. The second-order valence-electron chi connectivity index (χ2n) is 6.02. The Hall–Kier alpha value is -0.970. The molecule has 4 heteroatoms. The molecule has 0 aliphatic carbocycles. The van der Waals surface area contributed by atoms with E-state index in [9.17, 15) is 4.39 Å². The minimum atomic E-state index is -0.161. The highest BCUT2D eigenvalue weighted by Gasteiger charge is 2.14. The van der Waals surface area contributed by atoms with Gasteiger partial charge in [0.1, 0.15) is 5.82 Å². The van der Waals surface area contributed by atoms with Crippen LogP contribution in [0.5, 0.6) is 0 Å². The lowest BCUT2D eigenvalue weighted by Crippen LogP contribution is -2.33. The van der Waals surface area contributed by atoms with E-state index in [1.807, 2.05) is 12.1 Å². The van der Waals surface area contributed by atoms with Crippen LogP contribution >= 0.6 is 0 Å². The van der Waals surface area contributed by atoms with Gasteiger partial charge in [0.05, 0.1) is 12.7 Å². The molecule has 1 aliphatic heterocycles. The van der Waals surface area contributed by atoms with E-state index in [2.05, 4.69) is 23.6 Å². The summed E-state index contributed by atoms with van der Waals surface area (Å²) in [6.07, 6.45) is 1.50. The van der Waals surface area contributed by atoms with E-state index in [-0.39, 0.29) is 5.82 Å². The third-order valence-corrected chi connectivity index (χ3v) is 3.86. The molecule has 0 aromatic heterocycles. The molecule has 3 nitrogen and oxygen atoms in total. The summed E-state index contributed by atoms with van der Waals surface area (Å²) in [5.41, 5.74) is 1.19. The number of nitrogens with zero attached hydrogens (tertiary/aromatic N) is 2.